The van der Waals surface area contributed by atoms with Gasteiger partial charge in [0, 0.05) is 24.6 Å². The highest BCUT2D eigenvalue weighted by molar-refractivity contribution is 7.19. The number of anilines is 1. The van der Waals surface area contributed by atoms with Crippen molar-refractivity contribution in [1.29, 1.82) is 5.26 Å². The van der Waals surface area contributed by atoms with Crippen molar-refractivity contribution < 1.29 is 4.79 Å². The van der Waals surface area contributed by atoms with Crippen LogP contribution in [-0.4, -0.2) is 44.5 Å². The van der Waals surface area contributed by atoms with E-state index in [1.54, 1.807) is 18.3 Å². The number of nitrogens with zero attached hydrogens (tertiary/aromatic N) is 7. The summed E-state index contributed by atoms with van der Waals surface area (Å²) in [5.41, 5.74) is 2.08. The smallest absolute Gasteiger partial charge is 0.291 e. The van der Waals surface area contributed by atoms with Gasteiger partial charge in [0.05, 0.1) is 5.69 Å². The van der Waals surface area contributed by atoms with Gasteiger partial charge in [0.1, 0.15) is 22.4 Å². The van der Waals surface area contributed by atoms with Gasteiger partial charge >= 0.3 is 0 Å². The molecule has 0 bridgehead atoms. The van der Waals surface area contributed by atoms with E-state index in [0.29, 0.717) is 22.9 Å². The summed E-state index contributed by atoms with van der Waals surface area (Å²) in [7, 11) is 0. The molecular formula is C29H43N7OS. The van der Waals surface area contributed by atoms with Crippen LogP contribution in [-0.2, 0) is 0 Å². The molecule has 0 fully saturated rings. The summed E-state index contributed by atoms with van der Waals surface area (Å²) in [6, 6.07) is 2.09. The third-order valence-electron chi connectivity index (χ3n) is 7.06. The Morgan fingerprint density at radius 3 is 2.26 bits per heavy atom. The van der Waals surface area contributed by atoms with Crippen LogP contribution in [0.1, 0.15) is 134 Å². The first-order valence-corrected chi connectivity index (χ1v) is 15.1. The van der Waals surface area contributed by atoms with E-state index in [1.165, 1.54) is 4.68 Å². The lowest BCUT2D eigenvalue weighted by Gasteiger charge is -2.21. The van der Waals surface area contributed by atoms with Crippen molar-refractivity contribution in [2.24, 2.45) is 4.99 Å². The van der Waals surface area contributed by atoms with E-state index in [2.05, 4.69) is 57.6 Å². The predicted molar refractivity (Wildman–Crippen MR) is 156 cm³/mol. The summed E-state index contributed by atoms with van der Waals surface area (Å²) < 4.78 is 1.29. The molecule has 1 aliphatic rings. The Labute approximate surface area is 231 Å². The maximum Gasteiger partial charge on any atom is 0.291 e. The minimum Gasteiger partial charge on any atom is -0.348 e. The van der Waals surface area contributed by atoms with Crippen molar-refractivity contribution in [3.05, 3.63) is 28.5 Å². The van der Waals surface area contributed by atoms with Crippen molar-refractivity contribution in [2.45, 2.75) is 112 Å². The summed E-state index contributed by atoms with van der Waals surface area (Å²) in [5.74, 6) is 0.996. The van der Waals surface area contributed by atoms with Gasteiger partial charge in [-0.25, -0.2) is 15.0 Å². The van der Waals surface area contributed by atoms with Crippen LogP contribution in [0.2, 0.25) is 0 Å². The fraction of sp³-hybridized carbons (Fsp3) is 0.655. The maximum absolute atomic E-state index is 13.2. The van der Waals surface area contributed by atoms with E-state index in [0.717, 1.165) is 80.3 Å². The topological polar surface area (TPSA) is 100 Å². The molecule has 9 heteroatoms. The molecule has 3 rings (SSSR count). The number of aliphatic imine (C=N–C) groups is 1. The molecule has 0 amide bonds. The van der Waals surface area contributed by atoms with Gasteiger partial charge in [-0.05, 0) is 38.5 Å². The molecular weight excluding hydrogens is 494 g/mol. The number of unbranched alkanes of at least 4 members (excludes halogenated alkanes) is 3. The molecule has 38 heavy (non-hydrogen) atoms. The molecule has 1 atom stereocenters. The zero-order chi connectivity index (χ0) is 27.8. The third kappa shape index (κ3) is 6.40. The SMILES string of the molecule is CCCCC(CC)c1nc2n(n1)C(=O)C(C#N)=C(C)/C2=N/c1sc(N(CCCC)CCCC)nc1C(C)C. The van der Waals surface area contributed by atoms with Gasteiger partial charge in [0.2, 0.25) is 0 Å². The maximum atomic E-state index is 13.2. The monoisotopic (exact) mass is 537 g/mol. The van der Waals surface area contributed by atoms with E-state index >= 15 is 0 Å². The minimum absolute atomic E-state index is 0.0673. The van der Waals surface area contributed by atoms with Crippen LogP contribution < -0.4 is 4.90 Å². The highest BCUT2D eigenvalue weighted by atomic mass is 32.1. The average molecular weight is 538 g/mol. The van der Waals surface area contributed by atoms with Crippen LogP contribution in [0, 0.1) is 11.3 Å². The van der Waals surface area contributed by atoms with Crippen LogP contribution in [0.4, 0.5) is 10.1 Å². The molecule has 0 radical (unpaired) electrons. The van der Waals surface area contributed by atoms with Crippen LogP contribution >= 0.6 is 11.3 Å². The Bertz CT molecular complexity index is 1210. The Hall–Kier alpha value is -2.86. The standard InChI is InChI=1S/C29H43N7OS/c1-8-12-15-21(11-4)25-33-26-24(20(7)22(18-30)28(37)36(26)34-25)31-27-23(19(5)6)32-29(38-27)35(16-13-9-2)17-14-10-3/h19,21H,8-17H2,1-7H3/b31-24-. The first kappa shape index (κ1) is 29.7. The van der Waals surface area contributed by atoms with Crippen molar-refractivity contribution in [3.8, 4) is 6.07 Å². The van der Waals surface area contributed by atoms with Crippen LogP contribution in [0.5, 0.6) is 0 Å². The predicted octanol–water partition coefficient (Wildman–Crippen LogP) is 7.56. The van der Waals surface area contributed by atoms with Crippen molar-refractivity contribution in [2.75, 3.05) is 18.0 Å². The summed E-state index contributed by atoms with van der Waals surface area (Å²) in [6.07, 6.45) is 8.51. The van der Waals surface area contributed by atoms with E-state index in [-0.39, 0.29) is 17.4 Å². The minimum atomic E-state index is -0.428. The molecule has 1 aliphatic heterocycles. The lowest BCUT2D eigenvalue weighted by molar-refractivity contribution is 0.0941. The van der Waals surface area contributed by atoms with Crippen molar-refractivity contribution in [3.63, 3.8) is 0 Å². The molecule has 2 aromatic rings. The second-order valence-corrected chi connectivity index (χ2v) is 11.3. The first-order valence-electron chi connectivity index (χ1n) is 14.3. The fourth-order valence-corrected chi connectivity index (χ4v) is 5.74. The lowest BCUT2D eigenvalue weighted by atomic mass is 9.98. The number of carbonyl (C=O) groups is 1. The number of allylic oxidation sites excluding steroid dienone is 2. The molecule has 0 spiro atoms. The van der Waals surface area contributed by atoms with E-state index < -0.39 is 5.91 Å². The molecule has 206 valence electrons. The summed E-state index contributed by atoms with van der Waals surface area (Å²) in [5, 5.41) is 16.2. The number of nitriles is 1. The lowest BCUT2D eigenvalue weighted by Crippen LogP contribution is -2.28. The molecule has 0 N–H and O–H groups in total. The molecule has 0 saturated heterocycles. The Morgan fingerprint density at radius 2 is 1.71 bits per heavy atom. The van der Waals surface area contributed by atoms with E-state index in [1.807, 2.05) is 0 Å². The third-order valence-corrected chi connectivity index (χ3v) is 8.09. The van der Waals surface area contributed by atoms with Crippen LogP contribution in [0.15, 0.2) is 16.1 Å². The molecule has 1 unspecified atom stereocenters. The van der Waals surface area contributed by atoms with Gasteiger partial charge in [-0.2, -0.15) is 9.94 Å². The van der Waals surface area contributed by atoms with Gasteiger partial charge in [0.15, 0.2) is 16.8 Å². The fourth-order valence-electron chi connectivity index (χ4n) is 4.59. The molecule has 8 nitrogen and oxygen atoms in total. The second-order valence-electron chi connectivity index (χ2n) is 10.4. The second kappa shape index (κ2) is 13.8. The summed E-state index contributed by atoms with van der Waals surface area (Å²) in [4.78, 5) is 30.5. The largest absolute Gasteiger partial charge is 0.348 e. The van der Waals surface area contributed by atoms with E-state index in [4.69, 9.17) is 15.0 Å². The van der Waals surface area contributed by atoms with Crippen molar-refractivity contribution in [1.82, 2.24) is 19.7 Å². The number of hydrogen-bond acceptors (Lipinski definition) is 8. The zero-order valence-electron chi connectivity index (χ0n) is 24.2. The molecule has 3 heterocycles. The molecule has 0 saturated carbocycles. The van der Waals surface area contributed by atoms with Gasteiger partial charge in [-0.3, -0.25) is 4.79 Å². The highest BCUT2D eigenvalue weighted by Crippen LogP contribution is 2.39. The zero-order valence-corrected chi connectivity index (χ0v) is 25.0. The molecule has 0 aliphatic carbocycles. The number of carbonyl (C=O) groups excluding carboxylic acids is 1. The quantitative estimate of drug-likeness (QED) is 0.246. The normalized spacial score (nSPS) is 15.3. The Balaban J connectivity index is 2.14. The van der Waals surface area contributed by atoms with Gasteiger partial charge in [0.25, 0.3) is 5.91 Å². The Kier molecular flexibility index (Phi) is 10.8. The number of rotatable bonds is 14. The highest BCUT2D eigenvalue weighted by Gasteiger charge is 2.34. The Morgan fingerprint density at radius 1 is 1.05 bits per heavy atom. The van der Waals surface area contributed by atoms with Gasteiger partial charge in [-0.1, -0.05) is 78.6 Å². The van der Waals surface area contributed by atoms with Crippen molar-refractivity contribution >= 4 is 33.1 Å². The summed E-state index contributed by atoms with van der Waals surface area (Å²) >= 11 is 1.58. The number of aromatic nitrogens is 4. The van der Waals surface area contributed by atoms with Gasteiger partial charge < -0.3 is 4.90 Å². The van der Waals surface area contributed by atoms with Crippen LogP contribution in [0.25, 0.3) is 0 Å². The average Bonchev–Trinajstić information content (AvgIpc) is 3.53. The van der Waals surface area contributed by atoms with E-state index in [9.17, 15) is 10.1 Å². The number of hydrogen-bond donors (Lipinski definition) is 0. The van der Waals surface area contributed by atoms with Gasteiger partial charge in [-0.15, -0.1) is 5.10 Å². The summed E-state index contributed by atoms with van der Waals surface area (Å²) in [6.45, 7) is 16.7. The molecule has 2 aromatic heterocycles. The number of fused-ring (bicyclic) bond motifs is 1. The van der Waals surface area contributed by atoms with Crippen LogP contribution in [0.3, 0.4) is 0 Å². The number of thiazole rings is 1. The molecule has 0 aromatic carbocycles. The first-order chi connectivity index (χ1) is 18.3.